The first-order valence-electron chi connectivity index (χ1n) is 10.0. The van der Waals surface area contributed by atoms with Crippen LogP contribution in [0.2, 0.25) is 0 Å². The second-order valence-electron chi connectivity index (χ2n) is 7.72. The number of aryl methyl sites for hydroxylation is 1. The molecule has 8 nitrogen and oxygen atoms in total. The van der Waals surface area contributed by atoms with Crippen molar-refractivity contribution in [3.05, 3.63) is 62.6 Å². The van der Waals surface area contributed by atoms with Gasteiger partial charge in [-0.2, -0.15) is 10.4 Å². The van der Waals surface area contributed by atoms with Crippen LogP contribution in [0.1, 0.15) is 11.1 Å². The third-order valence-corrected chi connectivity index (χ3v) is 6.38. The topological polar surface area (TPSA) is 93.8 Å². The SMILES string of the molecule is Cn1c(=O)c(C#N)c(N2CCN(Cc3cccc4cn[nH]c34)CC2)c2nc(Br)ccc21. The van der Waals surface area contributed by atoms with E-state index < -0.39 is 0 Å². The van der Waals surface area contributed by atoms with Gasteiger partial charge in [0.05, 0.1) is 22.9 Å². The molecule has 0 spiro atoms. The summed E-state index contributed by atoms with van der Waals surface area (Å²) in [7, 11) is 1.68. The molecule has 0 aliphatic carbocycles. The van der Waals surface area contributed by atoms with Gasteiger partial charge in [-0.3, -0.25) is 14.8 Å². The molecule has 0 saturated carbocycles. The quantitative estimate of drug-likeness (QED) is 0.456. The van der Waals surface area contributed by atoms with Gasteiger partial charge in [-0.1, -0.05) is 18.2 Å². The van der Waals surface area contributed by atoms with E-state index in [0.29, 0.717) is 28.9 Å². The number of benzene rings is 1. The van der Waals surface area contributed by atoms with Gasteiger partial charge in [-0.05, 0) is 33.6 Å². The fraction of sp³-hybridized carbons (Fsp3) is 0.273. The van der Waals surface area contributed by atoms with Gasteiger partial charge < -0.3 is 9.47 Å². The number of nitriles is 1. The summed E-state index contributed by atoms with van der Waals surface area (Å²) >= 11 is 3.43. The lowest BCUT2D eigenvalue weighted by atomic mass is 10.1. The number of halogens is 1. The molecule has 4 aromatic rings. The smallest absolute Gasteiger partial charge is 0.270 e. The molecule has 1 fully saturated rings. The highest BCUT2D eigenvalue weighted by Crippen LogP contribution is 2.29. The van der Waals surface area contributed by atoms with Gasteiger partial charge in [-0.15, -0.1) is 0 Å². The van der Waals surface area contributed by atoms with Gasteiger partial charge in [0, 0.05) is 45.2 Å². The number of H-pyrrole nitrogens is 1. The Balaban J connectivity index is 1.45. The standard InChI is InChI=1S/C22H20BrN7O/c1-28-17-5-6-18(23)26-20(17)21(16(11-24)22(28)31)30-9-7-29(8-10-30)13-15-4-2-3-14-12-25-27-19(14)15/h2-6,12H,7-10,13H2,1H3,(H,25,27). The number of rotatable bonds is 3. The molecule has 1 N–H and O–H groups in total. The summed E-state index contributed by atoms with van der Waals surface area (Å²) in [5.41, 5.74) is 4.17. The van der Waals surface area contributed by atoms with E-state index in [1.165, 1.54) is 10.1 Å². The van der Waals surface area contributed by atoms with Crippen molar-refractivity contribution in [2.45, 2.75) is 6.54 Å². The number of anilines is 1. The van der Waals surface area contributed by atoms with Gasteiger partial charge in [-0.25, -0.2) is 4.98 Å². The Morgan fingerprint density at radius 3 is 2.77 bits per heavy atom. The van der Waals surface area contributed by atoms with Gasteiger partial charge in [0.25, 0.3) is 5.56 Å². The zero-order valence-electron chi connectivity index (χ0n) is 17.0. The molecule has 4 heterocycles. The van der Waals surface area contributed by atoms with E-state index in [4.69, 9.17) is 0 Å². The fourth-order valence-electron chi connectivity index (χ4n) is 4.31. The third-order valence-electron chi connectivity index (χ3n) is 5.94. The number of fused-ring (bicyclic) bond motifs is 2. The summed E-state index contributed by atoms with van der Waals surface area (Å²) in [5, 5.41) is 18.1. The lowest BCUT2D eigenvalue weighted by molar-refractivity contribution is 0.250. The number of aromatic amines is 1. The van der Waals surface area contributed by atoms with Crippen molar-refractivity contribution in [3.63, 3.8) is 0 Å². The molecule has 0 unspecified atom stereocenters. The van der Waals surface area contributed by atoms with Crippen molar-refractivity contribution in [2.24, 2.45) is 7.05 Å². The van der Waals surface area contributed by atoms with Crippen LogP contribution in [-0.2, 0) is 13.6 Å². The highest BCUT2D eigenvalue weighted by atomic mass is 79.9. The second-order valence-corrected chi connectivity index (χ2v) is 8.53. The summed E-state index contributed by atoms with van der Waals surface area (Å²) in [6.07, 6.45) is 1.84. The number of pyridine rings is 2. The van der Waals surface area contributed by atoms with Crippen LogP contribution in [0, 0.1) is 11.3 Å². The molecule has 9 heteroatoms. The normalized spacial score (nSPS) is 14.9. The van der Waals surface area contributed by atoms with Crippen molar-refractivity contribution >= 4 is 43.6 Å². The van der Waals surface area contributed by atoms with E-state index in [9.17, 15) is 10.1 Å². The molecular formula is C22H20BrN7O. The number of nitrogens with zero attached hydrogens (tertiary/aromatic N) is 6. The van der Waals surface area contributed by atoms with Crippen LogP contribution in [0.15, 0.2) is 45.9 Å². The Morgan fingerprint density at radius 1 is 1.19 bits per heavy atom. The Bertz CT molecular complexity index is 1390. The van der Waals surface area contributed by atoms with Gasteiger partial charge in [0.2, 0.25) is 0 Å². The van der Waals surface area contributed by atoms with Crippen LogP contribution in [0.5, 0.6) is 0 Å². The maximum absolute atomic E-state index is 12.8. The number of aromatic nitrogens is 4. The zero-order valence-corrected chi connectivity index (χ0v) is 18.6. The minimum Gasteiger partial charge on any atom is -0.366 e. The summed E-state index contributed by atoms with van der Waals surface area (Å²) in [4.78, 5) is 21.9. The van der Waals surface area contributed by atoms with Crippen LogP contribution >= 0.6 is 15.9 Å². The second kappa shape index (κ2) is 7.80. The largest absolute Gasteiger partial charge is 0.366 e. The molecule has 1 aromatic carbocycles. The molecule has 0 bridgehead atoms. The molecule has 1 aliphatic rings. The van der Waals surface area contributed by atoms with E-state index in [-0.39, 0.29) is 11.1 Å². The van der Waals surface area contributed by atoms with E-state index in [1.807, 2.05) is 18.3 Å². The molecule has 5 rings (SSSR count). The summed E-state index contributed by atoms with van der Waals surface area (Å²) in [5.74, 6) is 0. The number of hydrogen-bond acceptors (Lipinski definition) is 6. The summed E-state index contributed by atoms with van der Waals surface area (Å²) < 4.78 is 2.17. The highest BCUT2D eigenvalue weighted by molar-refractivity contribution is 9.10. The number of nitrogens with one attached hydrogen (secondary N) is 1. The van der Waals surface area contributed by atoms with Crippen LogP contribution in [0.3, 0.4) is 0 Å². The van der Waals surface area contributed by atoms with Crippen molar-refractivity contribution in [2.75, 3.05) is 31.1 Å². The van der Waals surface area contributed by atoms with E-state index in [1.54, 1.807) is 7.05 Å². The minimum absolute atomic E-state index is 0.149. The van der Waals surface area contributed by atoms with Gasteiger partial charge >= 0.3 is 0 Å². The number of para-hydroxylation sites is 1. The molecule has 0 atom stereocenters. The predicted octanol–water partition coefficient (Wildman–Crippen LogP) is 2.77. The third kappa shape index (κ3) is 3.38. The Labute approximate surface area is 186 Å². The van der Waals surface area contributed by atoms with Crippen LogP contribution in [0.25, 0.3) is 21.9 Å². The number of piperazine rings is 1. The molecule has 156 valence electrons. The predicted molar refractivity (Wildman–Crippen MR) is 123 cm³/mol. The lowest BCUT2D eigenvalue weighted by Gasteiger charge is -2.36. The van der Waals surface area contributed by atoms with E-state index in [0.717, 1.165) is 36.1 Å². The van der Waals surface area contributed by atoms with Crippen molar-refractivity contribution in [3.8, 4) is 6.07 Å². The number of hydrogen-bond donors (Lipinski definition) is 1. The molecule has 1 saturated heterocycles. The first kappa shape index (κ1) is 19.7. The average Bonchev–Trinajstić information content (AvgIpc) is 3.27. The average molecular weight is 478 g/mol. The van der Waals surface area contributed by atoms with E-state index in [2.05, 4.69) is 65.2 Å². The molecule has 31 heavy (non-hydrogen) atoms. The van der Waals surface area contributed by atoms with Gasteiger partial charge in [0.1, 0.15) is 21.8 Å². The Hall–Kier alpha value is -3.22. The van der Waals surface area contributed by atoms with Crippen LogP contribution in [-0.4, -0.2) is 50.8 Å². The molecule has 3 aromatic heterocycles. The lowest BCUT2D eigenvalue weighted by Crippen LogP contribution is -2.47. The minimum atomic E-state index is -0.289. The highest BCUT2D eigenvalue weighted by Gasteiger charge is 2.25. The van der Waals surface area contributed by atoms with Gasteiger partial charge in [0.15, 0.2) is 0 Å². The maximum atomic E-state index is 12.8. The Kier molecular flexibility index (Phi) is 4.96. The molecule has 0 amide bonds. The monoisotopic (exact) mass is 477 g/mol. The molecular weight excluding hydrogens is 458 g/mol. The molecule has 1 aliphatic heterocycles. The summed E-state index contributed by atoms with van der Waals surface area (Å²) in [6.45, 7) is 3.88. The molecule has 0 radical (unpaired) electrons. The van der Waals surface area contributed by atoms with Crippen molar-refractivity contribution in [1.82, 2.24) is 24.6 Å². The fourth-order valence-corrected chi connectivity index (χ4v) is 4.62. The first-order chi connectivity index (χ1) is 15.1. The van der Waals surface area contributed by atoms with E-state index >= 15 is 0 Å². The van der Waals surface area contributed by atoms with Crippen LogP contribution < -0.4 is 10.5 Å². The van der Waals surface area contributed by atoms with Crippen LogP contribution in [0.4, 0.5) is 5.69 Å². The maximum Gasteiger partial charge on any atom is 0.270 e. The first-order valence-corrected chi connectivity index (χ1v) is 10.8. The zero-order chi connectivity index (χ0) is 21.5. The summed E-state index contributed by atoms with van der Waals surface area (Å²) in [6, 6.07) is 12.0. The Morgan fingerprint density at radius 2 is 2.00 bits per heavy atom. The van der Waals surface area contributed by atoms with Crippen molar-refractivity contribution < 1.29 is 0 Å². The van der Waals surface area contributed by atoms with Crippen molar-refractivity contribution in [1.29, 1.82) is 5.26 Å².